The lowest BCUT2D eigenvalue weighted by Crippen LogP contribution is -2.39. The molecule has 0 bridgehead atoms. The van der Waals surface area contributed by atoms with Crippen LogP contribution in [-0.4, -0.2) is 30.6 Å². The molecule has 19 heavy (non-hydrogen) atoms. The van der Waals surface area contributed by atoms with Crippen molar-refractivity contribution < 1.29 is 14.3 Å². The molecule has 1 aromatic rings. The Balaban J connectivity index is 2.63. The highest BCUT2D eigenvalue weighted by Crippen LogP contribution is 2.05. The highest BCUT2D eigenvalue weighted by molar-refractivity contribution is 7.80. The molecule has 5 nitrogen and oxygen atoms in total. The second-order valence-corrected chi connectivity index (χ2v) is 4.19. The fraction of sp³-hybridized carbons (Fsp3) is 0.308. The third kappa shape index (κ3) is 4.67. The summed E-state index contributed by atoms with van der Waals surface area (Å²) in [7, 11) is 1.31. The van der Waals surface area contributed by atoms with Crippen molar-refractivity contribution in [1.82, 2.24) is 10.6 Å². The SMILES string of the molecule is CCCNC(=S)NC(=O)c1ccc(C(=O)OC)cc1. The van der Waals surface area contributed by atoms with Gasteiger partial charge in [0, 0.05) is 12.1 Å². The standard InChI is InChI=1S/C13H16N2O3S/c1-3-8-14-13(19)15-11(16)9-4-6-10(7-5-9)12(17)18-2/h4-7H,3,8H2,1-2H3,(H2,14,15,16,19). The molecule has 0 saturated heterocycles. The van der Waals surface area contributed by atoms with Crippen LogP contribution < -0.4 is 10.6 Å². The number of hydrogen-bond acceptors (Lipinski definition) is 4. The first-order valence-electron chi connectivity index (χ1n) is 5.86. The third-order valence-electron chi connectivity index (χ3n) is 2.33. The summed E-state index contributed by atoms with van der Waals surface area (Å²) in [6.07, 6.45) is 0.920. The predicted molar refractivity (Wildman–Crippen MR) is 76.1 cm³/mol. The van der Waals surface area contributed by atoms with Gasteiger partial charge in [-0.05, 0) is 42.9 Å². The van der Waals surface area contributed by atoms with Crippen molar-refractivity contribution in [1.29, 1.82) is 0 Å². The van der Waals surface area contributed by atoms with E-state index in [2.05, 4.69) is 15.4 Å². The fourth-order valence-electron chi connectivity index (χ4n) is 1.33. The van der Waals surface area contributed by atoms with Gasteiger partial charge in [-0.1, -0.05) is 6.92 Å². The van der Waals surface area contributed by atoms with Crippen LogP contribution in [0.4, 0.5) is 0 Å². The van der Waals surface area contributed by atoms with Crippen LogP contribution >= 0.6 is 12.2 Å². The average molecular weight is 280 g/mol. The van der Waals surface area contributed by atoms with E-state index in [4.69, 9.17) is 12.2 Å². The number of esters is 1. The number of amides is 1. The molecule has 0 saturated carbocycles. The molecule has 0 fully saturated rings. The summed E-state index contributed by atoms with van der Waals surface area (Å²) >= 11 is 4.96. The van der Waals surface area contributed by atoms with Crippen LogP contribution in [0.3, 0.4) is 0 Å². The van der Waals surface area contributed by atoms with Crippen molar-refractivity contribution in [3.63, 3.8) is 0 Å². The van der Waals surface area contributed by atoms with Crippen molar-refractivity contribution in [2.45, 2.75) is 13.3 Å². The molecule has 1 aromatic carbocycles. The van der Waals surface area contributed by atoms with Crippen molar-refractivity contribution in [3.05, 3.63) is 35.4 Å². The van der Waals surface area contributed by atoms with E-state index >= 15 is 0 Å². The zero-order chi connectivity index (χ0) is 14.3. The quantitative estimate of drug-likeness (QED) is 0.646. The molecule has 0 spiro atoms. The molecular formula is C13H16N2O3S. The van der Waals surface area contributed by atoms with Gasteiger partial charge in [0.25, 0.3) is 5.91 Å². The van der Waals surface area contributed by atoms with Crippen molar-refractivity contribution in [3.8, 4) is 0 Å². The van der Waals surface area contributed by atoms with Gasteiger partial charge in [0.15, 0.2) is 5.11 Å². The molecule has 102 valence electrons. The number of methoxy groups -OCH3 is 1. The van der Waals surface area contributed by atoms with E-state index in [1.165, 1.54) is 19.2 Å². The lowest BCUT2D eigenvalue weighted by molar-refractivity contribution is 0.0600. The van der Waals surface area contributed by atoms with Crippen molar-refractivity contribution >= 4 is 29.2 Å². The molecule has 1 rings (SSSR count). The third-order valence-corrected chi connectivity index (χ3v) is 2.58. The van der Waals surface area contributed by atoms with Crippen LogP contribution in [-0.2, 0) is 4.74 Å². The number of nitrogens with one attached hydrogen (secondary N) is 2. The zero-order valence-electron chi connectivity index (χ0n) is 10.9. The molecule has 0 unspecified atom stereocenters. The molecule has 6 heteroatoms. The minimum absolute atomic E-state index is 0.295. The number of carbonyl (C=O) groups is 2. The maximum absolute atomic E-state index is 11.8. The number of hydrogen-bond donors (Lipinski definition) is 2. The van der Waals surface area contributed by atoms with E-state index in [-0.39, 0.29) is 5.91 Å². The number of thiocarbonyl (C=S) groups is 1. The highest BCUT2D eigenvalue weighted by atomic mass is 32.1. The van der Waals surface area contributed by atoms with E-state index in [9.17, 15) is 9.59 Å². The van der Waals surface area contributed by atoms with Crippen LogP contribution in [0.2, 0.25) is 0 Å². The Labute approximate surface area is 117 Å². The summed E-state index contributed by atoms with van der Waals surface area (Å²) in [4.78, 5) is 23.1. The van der Waals surface area contributed by atoms with Gasteiger partial charge < -0.3 is 10.1 Å². The normalized spacial score (nSPS) is 9.58. The molecule has 1 amide bonds. The van der Waals surface area contributed by atoms with Crippen LogP contribution in [0, 0.1) is 0 Å². The summed E-state index contributed by atoms with van der Waals surface area (Å²) in [6.45, 7) is 2.71. The van der Waals surface area contributed by atoms with Gasteiger partial charge in [-0.15, -0.1) is 0 Å². The monoisotopic (exact) mass is 280 g/mol. The largest absolute Gasteiger partial charge is 0.465 e. The Morgan fingerprint density at radius 2 is 1.79 bits per heavy atom. The molecule has 0 aromatic heterocycles. The number of carbonyl (C=O) groups excluding carboxylic acids is 2. The average Bonchev–Trinajstić information content (AvgIpc) is 2.44. The summed E-state index contributed by atoms with van der Waals surface area (Å²) < 4.78 is 4.58. The Morgan fingerprint density at radius 3 is 2.32 bits per heavy atom. The van der Waals surface area contributed by atoms with E-state index < -0.39 is 5.97 Å². The second kappa shape index (κ2) is 7.48. The van der Waals surface area contributed by atoms with Gasteiger partial charge in [0.1, 0.15) is 0 Å². The Hall–Kier alpha value is -1.95. The van der Waals surface area contributed by atoms with E-state index in [1.54, 1.807) is 12.1 Å². The maximum atomic E-state index is 11.8. The Morgan fingerprint density at radius 1 is 1.21 bits per heavy atom. The molecule has 0 aliphatic carbocycles. The topological polar surface area (TPSA) is 67.4 Å². The Kier molecular flexibility index (Phi) is 5.95. The maximum Gasteiger partial charge on any atom is 0.337 e. The van der Waals surface area contributed by atoms with Gasteiger partial charge in [0.2, 0.25) is 0 Å². The van der Waals surface area contributed by atoms with E-state index in [1.807, 2.05) is 6.92 Å². The minimum Gasteiger partial charge on any atom is -0.465 e. The molecule has 0 aliphatic rings. The van der Waals surface area contributed by atoms with E-state index in [0.29, 0.717) is 22.8 Å². The summed E-state index contributed by atoms with van der Waals surface area (Å²) in [5.41, 5.74) is 0.819. The lowest BCUT2D eigenvalue weighted by Gasteiger charge is -2.08. The van der Waals surface area contributed by atoms with Crippen molar-refractivity contribution in [2.75, 3.05) is 13.7 Å². The number of ether oxygens (including phenoxy) is 1. The molecule has 0 aliphatic heterocycles. The first kappa shape index (κ1) is 15.1. The second-order valence-electron chi connectivity index (χ2n) is 3.78. The van der Waals surface area contributed by atoms with Gasteiger partial charge in [0.05, 0.1) is 12.7 Å². The predicted octanol–water partition coefficient (Wildman–Crippen LogP) is 1.49. The van der Waals surface area contributed by atoms with Crippen LogP contribution in [0.1, 0.15) is 34.1 Å². The van der Waals surface area contributed by atoms with E-state index in [0.717, 1.165) is 6.42 Å². The van der Waals surface area contributed by atoms with Crippen LogP contribution in [0.15, 0.2) is 24.3 Å². The van der Waals surface area contributed by atoms with Gasteiger partial charge in [-0.25, -0.2) is 4.79 Å². The first-order chi connectivity index (χ1) is 9.08. The number of benzene rings is 1. The first-order valence-corrected chi connectivity index (χ1v) is 6.27. The van der Waals surface area contributed by atoms with Crippen LogP contribution in [0.5, 0.6) is 0 Å². The molecule has 0 radical (unpaired) electrons. The Bertz CT molecular complexity index is 471. The van der Waals surface area contributed by atoms with Gasteiger partial charge in [-0.2, -0.15) is 0 Å². The van der Waals surface area contributed by atoms with Crippen LogP contribution in [0.25, 0.3) is 0 Å². The lowest BCUT2D eigenvalue weighted by atomic mass is 10.1. The number of rotatable bonds is 4. The molecule has 2 N–H and O–H groups in total. The summed E-state index contributed by atoms with van der Waals surface area (Å²) in [6, 6.07) is 6.15. The minimum atomic E-state index is -0.438. The summed E-state index contributed by atoms with van der Waals surface area (Å²) in [5, 5.41) is 5.75. The van der Waals surface area contributed by atoms with Crippen molar-refractivity contribution in [2.24, 2.45) is 0 Å². The molecule has 0 heterocycles. The zero-order valence-corrected chi connectivity index (χ0v) is 11.7. The van der Waals surface area contributed by atoms with Gasteiger partial charge >= 0.3 is 5.97 Å². The molecular weight excluding hydrogens is 264 g/mol. The summed E-state index contributed by atoms with van der Waals surface area (Å²) in [5.74, 6) is -0.753. The van der Waals surface area contributed by atoms with Gasteiger partial charge in [-0.3, -0.25) is 10.1 Å². The fourth-order valence-corrected chi connectivity index (χ4v) is 1.53. The smallest absolute Gasteiger partial charge is 0.337 e. The highest BCUT2D eigenvalue weighted by Gasteiger charge is 2.09. The molecule has 0 atom stereocenters.